The third-order valence-electron chi connectivity index (χ3n) is 5.99. The van der Waals surface area contributed by atoms with Crippen LogP contribution in [-0.2, 0) is 9.84 Å². The standard InChI is InChI=1S/C19H20N2O2S/c22-24(23)18-7-6-13(14-3-2-8-20-10-14)9-16(18)17-11-21(12-19(17)24)15-4-1-5-15/h2-3,6-10,15,17,19H,1,4-5,11-12H2/t17-,19+/m0/s1. The van der Waals surface area contributed by atoms with Gasteiger partial charge in [-0.05, 0) is 47.7 Å². The molecule has 3 aliphatic rings. The van der Waals surface area contributed by atoms with Gasteiger partial charge in [-0.1, -0.05) is 18.6 Å². The molecule has 2 aliphatic heterocycles. The zero-order chi connectivity index (χ0) is 16.3. The number of nitrogens with zero attached hydrogens (tertiary/aromatic N) is 2. The van der Waals surface area contributed by atoms with Gasteiger partial charge < -0.3 is 0 Å². The van der Waals surface area contributed by atoms with Crippen LogP contribution in [0.1, 0.15) is 30.7 Å². The van der Waals surface area contributed by atoms with E-state index in [1.807, 2.05) is 24.4 Å². The molecule has 0 spiro atoms. The maximum atomic E-state index is 12.9. The summed E-state index contributed by atoms with van der Waals surface area (Å²) in [5, 5.41) is -0.253. The first-order valence-electron chi connectivity index (χ1n) is 8.67. The summed E-state index contributed by atoms with van der Waals surface area (Å²) in [5.41, 5.74) is 3.11. The molecule has 2 atom stereocenters. The lowest BCUT2D eigenvalue weighted by Crippen LogP contribution is -2.39. The molecule has 5 rings (SSSR count). The van der Waals surface area contributed by atoms with Gasteiger partial charge in [0.2, 0.25) is 0 Å². The third-order valence-corrected chi connectivity index (χ3v) is 8.25. The number of rotatable bonds is 2. The predicted molar refractivity (Wildman–Crippen MR) is 92.6 cm³/mol. The smallest absolute Gasteiger partial charge is 0.183 e. The second-order valence-electron chi connectivity index (χ2n) is 7.22. The Labute approximate surface area is 142 Å². The van der Waals surface area contributed by atoms with E-state index in [9.17, 15) is 8.42 Å². The van der Waals surface area contributed by atoms with Gasteiger partial charge in [-0.3, -0.25) is 9.88 Å². The minimum absolute atomic E-state index is 0.127. The highest BCUT2D eigenvalue weighted by atomic mass is 32.2. The van der Waals surface area contributed by atoms with Gasteiger partial charge in [-0.25, -0.2) is 8.42 Å². The Morgan fingerprint density at radius 1 is 1.08 bits per heavy atom. The monoisotopic (exact) mass is 340 g/mol. The van der Waals surface area contributed by atoms with E-state index in [-0.39, 0.29) is 11.2 Å². The molecule has 0 unspecified atom stereocenters. The summed E-state index contributed by atoms with van der Waals surface area (Å²) in [6.07, 6.45) is 7.32. The fraction of sp³-hybridized carbons (Fsp3) is 0.421. The van der Waals surface area contributed by atoms with Gasteiger partial charge in [0.15, 0.2) is 9.84 Å². The number of hydrogen-bond acceptors (Lipinski definition) is 4. The van der Waals surface area contributed by atoms with Crippen LogP contribution < -0.4 is 0 Å². The lowest BCUT2D eigenvalue weighted by molar-refractivity contribution is 0.157. The van der Waals surface area contributed by atoms with Crippen LogP contribution in [0.25, 0.3) is 11.1 Å². The second-order valence-corrected chi connectivity index (χ2v) is 9.36. The van der Waals surface area contributed by atoms with Crippen molar-refractivity contribution in [2.45, 2.75) is 41.4 Å². The molecule has 4 nitrogen and oxygen atoms in total. The first-order chi connectivity index (χ1) is 11.6. The van der Waals surface area contributed by atoms with Crippen LogP contribution in [0.4, 0.5) is 0 Å². The maximum absolute atomic E-state index is 12.9. The molecule has 1 saturated carbocycles. The maximum Gasteiger partial charge on any atom is 0.183 e. The predicted octanol–water partition coefficient (Wildman–Crippen LogP) is 2.86. The van der Waals surface area contributed by atoms with E-state index < -0.39 is 9.84 Å². The van der Waals surface area contributed by atoms with Crippen molar-refractivity contribution in [2.24, 2.45) is 0 Å². The van der Waals surface area contributed by atoms with Crippen LogP contribution in [-0.4, -0.2) is 42.7 Å². The number of pyridine rings is 1. The molecular weight excluding hydrogens is 320 g/mol. The van der Waals surface area contributed by atoms with Crippen molar-refractivity contribution in [2.75, 3.05) is 13.1 Å². The number of benzene rings is 1. The van der Waals surface area contributed by atoms with Crippen molar-refractivity contribution in [1.82, 2.24) is 9.88 Å². The zero-order valence-corrected chi connectivity index (χ0v) is 14.2. The third kappa shape index (κ3) is 2.01. The number of sulfone groups is 1. The molecule has 1 aromatic carbocycles. The minimum atomic E-state index is -3.19. The summed E-state index contributed by atoms with van der Waals surface area (Å²) in [6.45, 7) is 1.59. The van der Waals surface area contributed by atoms with E-state index in [1.54, 1.807) is 12.3 Å². The van der Waals surface area contributed by atoms with E-state index in [2.05, 4.69) is 16.0 Å². The summed E-state index contributed by atoms with van der Waals surface area (Å²) in [6, 6.07) is 10.3. The fourth-order valence-electron chi connectivity index (χ4n) is 4.44. The second kappa shape index (κ2) is 5.14. The van der Waals surface area contributed by atoms with E-state index >= 15 is 0 Å². The molecule has 124 valence electrons. The molecule has 1 aliphatic carbocycles. The summed E-state index contributed by atoms with van der Waals surface area (Å²) in [5.74, 6) is 0.127. The van der Waals surface area contributed by atoms with Crippen molar-refractivity contribution < 1.29 is 8.42 Å². The summed E-state index contributed by atoms with van der Waals surface area (Å²) in [7, 11) is -3.19. The van der Waals surface area contributed by atoms with Gasteiger partial charge >= 0.3 is 0 Å². The number of fused-ring (bicyclic) bond motifs is 3. The molecule has 0 amide bonds. The number of aromatic nitrogens is 1. The Balaban J connectivity index is 1.56. The molecule has 0 radical (unpaired) electrons. The summed E-state index contributed by atoms with van der Waals surface area (Å²) in [4.78, 5) is 7.14. The molecule has 0 bridgehead atoms. The lowest BCUT2D eigenvalue weighted by atomic mass is 9.91. The highest BCUT2D eigenvalue weighted by molar-refractivity contribution is 7.92. The van der Waals surface area contributed by atoms with Gasteiger partial charge in [0.05, 0.1) is 10.1 Å². The van der Waals surface area contributed by atoms with Crippen LogP contribution in [0.15, 0.2) is 47.6 Å². The van der Waals surface area contributed by atoms with E-state index in [0.717, 1.165) is 23.2 Å². The molecular formula is C19H20N2O2S. The number of likely N-dealkylation sites (tertiary alicyclic amines) is 1. The topological polar surface area (TPSA) is 50.3 Å². The van der Waals surface area contributed by atoms with Gasteiger partial charge in [0.25, 0.3) is 0 Å². The molecule has 3 heterocycles. The van der Waals surface area contributed by atoms with Crippen molar-refractivity contribution in [3.8, 4) is 11.1 Å². The van der Waals surface area contributed by atoms with Crippen LogP contribution in [0.2, 0.25) is 0 Å². The fourth-order valence-corrected chi connectivity index (χ4v) is 6.62. The Kier molecular flexibility index (Phi) is 3.13. The van der Waals surface area contributed by atoms with E-state index in [4.69, 9.17) is 0 Å². The number of hydrogen-bond donors (Lipinski definition) is 0. The van der Waals surface area contributed by atoms with Gasteiger partial charge in [-0.15, -0.1) is 0 Å². The normalized spacial score (nSPS) is 28.3. The van der Waals surface area contributed by atoms with Crippen LogP contribution in [0.5, 0.6) is 0 Å². The highest BCUT2D eigenvalue weighted by Gasteiger charge is 2.51. The Bertz CT molecular complexity index is 891. The first kappa shape index (κ1) is 14.6. The Morgan fingerprint density at radius 3 is 2.67 bits per heavy atom. The molecule has 24 heavy (non-hydrogen) atoms. The van der Waals surface area contributed by atoms with Crippen LogP contribution in [0.3, 0.4) is 0 Å². The summed E-state index contributed by atoms with van der Waals surface area (Å²) >= 11 is 0. The average Bonchev–Trinajstić information content (AvgIpc) is 3.06. The van der Waals surface area contributed by atoms with Gasteiger partial charge in [-0.2, -0.15) is 0 Å². The van der Waals surface area contributed by atoms with Crippen LogP contribution in [0, 0.1) is 0 Å². The molecule has 5 heteroatoms. The Morgan fingerprint density at radius 2 is 1.96 bits per heavy atom. The lowest BCUT2D eigenvalue weighted by Gasteiger charge is -2.35. The summed E-state index contributed by atoms with van der Waals surface area (Å²) < 4.78 is 25.9. The van der Waals surface area contributed by atoms with Crippen LogP contribution >= 0.6 is 0 Å². The molecule has 0 N–H and O–H groups in total. The Hall–Kier alpha value is -1.72. The van der Waals surface area contributed by atoms with Gasteiger partial charge in [0.1, 0.15) is 0 Å². The van der Waals surface area contributed by atoms with Crippen molar-refractivity contribution in [3.05, 3.63) is 48.3 Å². The molecule has 2 aromatic rings. The van der Waals surface area contributed by atoms with E-state index in [0.29, 0.717) is 17.5 Å². The minimum Gasteiger partial charge on any atom is -0.298 e. The van der Waals surface area contributed by atoms with E-state index in [1.165, 1.54) is 19.3 Å². The molecule has 2 fully saturated rings. The van der Waals surface area contributed by atoms with Crippen molar-refractivity contribution >= 4 is 9.84 Å². The first-order valence-corrected chi connectivity index (χ1v) is 10.2. The van der Waals surface area contributed by atoms with Gasteiger partial charge in [0, 0.05) is 37.4 Å². The molecule has 1 saturated heterocycles. The SMILES string of the molecule is O=S1(=O)c2ccc(-c3cccnc3)cc2[C@@H]2CN(C3CCC3)C[C@H]21. The van der Waals surface area contributed by atoms with Crippen molar-refractivity contribution in [3.63, 3.8) is 0 Å². The largest absolute Gasteiger partial charge is 0.298 e. The highest BCUT2D eigenvalue weighted by Crippen LogP contribution is 2.47. The quantitative estimate of drug-likeness (QED) is 0.843. The molecule has 1 aromatic heterocycles. The van der Waals surface area contributed by atoms with Crippen molar-refractivity contribution in [1.29, 1.82) is 0 Å². The zero-order valence-electron chi connectivity index (χ0n) is 13.4. The average molecular weight is 340 g/mol.